The summed E-state index contributed by atoms with van der Waals surface area (Å²) >= 11 is 0. The molecule has 1 N–H and O–H groups in total. The summed E-state index contributed by atoms with van der Waals surface area (Å²) in [5.41, 5.74) is 2.25. The molecule has 1 aromatic carbocycles. The van der Waals surface area contributed by atoms with E-state index in [2.05, 4.69) is 14.9 Å². The summed E-state index contributed by atoms with van der Waals surface area (Å²) in [5, 5.41) is 3.05. The van der Waals surface area contributed by atoms with E-state index >= 15 is 0 Å². The van der Waals surface area contributed by atoms with Crippen LogP contribution in [0.4, 0.5) is 0 Å². The summed E-state index contributed by atoms with van der Waals surface area (Å²) in [5.74, 6) is 1.59. The molecule has 6 heteroatoms. The van der Waals surface area contributed by atoms with Crippen LogP contribution in [-0.2, 0) is 24.2 Å². The number of amides is 1. The maximum Gasteiger partial charge on any atom is 0.223 e. The SMILES string of the molecule is COc1ccc(CCNC(=O)C2CCn3cncc3C2)cc1OC. The minimum Gasteiger partial charge on any atom is -0.493 e. The molecule has 0 spiro atoms. The number of aromatic nitrogens is 2. The highest BCUT2D eigenvalue weighted by atomic mass is 16.5. The molecule has 3 rings (SSSR count). The standard InChI is InChI=1S/C18H23N3O3/c1-23-16-4-3-13(9-17(16)24-2)5-7-20-18(22)14-6-8-21-12-19-11-15(21)10-14/h3-4,9,11-12,14H,5-8,10H2,1-2H3,(H,20,22). The number of benzene rings is 1. The molecule has 1 aliphatic rings. The molecule has 0 saturated carbocycles. The van der Waals surface area contributed by atoms with Crippen LogP contribution < -0.4 is 14.8 Å². The van der Waals surface area contributed by atoms with Gasteiger partial charge in [-0.3, -0.25) is 4.79 Å². The van der Waals surface area contributed by atoms with Gasteiger partial charge in [0, 0.05) is 37.3 Å². The largest absolute Gasteiger partial charge is 0.493 e. The van der Waals surface area contributed by atoms with Crippen molar-refractivity contribution in [2.45, 2.75) is 25.8 Å². The van der Waals surface area contributed by atoms with Crippen molar-refractivity contribution in [1.29, 1.82) is 0 Å². The summed E-state index contributed by atoms with van der Waals surface area (Å²) in [6, 6.07) is 5.83. The zero-order valence-electron chi connectivity index (χ0n) is 14.1. The molecule has 0 bridgehead atoms. The third kappa shape index (κ3) is 3.53. The van der Waals surface area contributed by atoms with Crippen molar-refractivity contribution in [2.24, 2.45) is 5.92 Å². The fourth-order valence-electron chi connectivity index (χ4n) is 3.10. The molecule has 0 radical (unpaired) electrons. The highest BCUT2D eigenvalue weighted by Gasteiger charge is 2.24. The number of nitrogens with zero attached hydrogens (tertiary/aromatic N) is 2. The van der Waals surface area contributed by atoms with E-state index in [1.807, 2.05) is 30.7 Å². The van der Waals surface area contributed by atoms with E-state index in [4.69, 9.17) is 9.47 Å². The first-order valence-corrected chi connectivity index (χ1v) is 8.19. The lowest BCUT2D eigenvalue weighted by atomic mass is 9.95. The first kappa shape index (κ1) is 16.4. The molecule has 2 aromatic rings. The molecule has 24 heavy (non-hydrogen) atoms. The van der Waals surface area contributed by atoms with Crippen molar-refractivity contribution >= 4 is 5.91 Å². The lowest BCUT2D eigenvalue weighted by Crippen LogP contribution is -2.36. The smallest absolute Gasteiger partial charge is 0.223 e. The predicted octanol–water partition coefficient (Wildman–Crippen LogP) is 1.82. The van der Waals surface area contributed by atoms with Crippen molar-refractivity contribution in [1.82, 2.24) is 14.9 Å². The van der Waals surface area contributed by atoms with E-state index in [1.165, 1.54) is 0 Å². The van der Waals surface area contributed by atoms with Gasteiger partial charge in [0.15, 0.2) is 11.5 Å². The third-order valence-electron chi connectivity index (χ3n) is 4.50. The Balaban J connectivity index is 1.50. The molecule has 1 atom stereocenters. The number of hydrogen-bond acceptors (Lipinski definition) is 4. The predicted molar refractivity (Wildman–Crippen MR) is 90.3 cm³/mol. The first-order valence-electron chi connectivity index (χ1n) is 8.19. The Labute approximate surface area is 141 Å². The van der Waals surface area contributed by atoms with Crippen LogP contribution in [0.2, 0.25) is 0 Å². The second-order valence-electron chi connectivity index (χ2n) is 6.00. The molecule has 1 aromatic heterocycles. The quantitative estimate of drug-likeness (QED) is 0.878. The van der Waals surface area contributed by atoms with E-state index in [1.54, 1.807) is 14.2 Å². The van der Waals surface area contributed by atoms with Crippen LogP contribution in [0.5, 0.6) is 11.5 Å². The van der Waals surface area contributed by atoms with Gasteiger partial charge in [-0.1, -0.05) is 6.07 Å². The van der Waals surface area contributed by atoms with E-state index < -0.39 is 0 Å². The molecule has 1 amide bonds. The molecule has 2 heterocycles. The number of nitrogens with one attached hydrogen (secondary N) is 1. The van der Waals surface area contributed by atoms with Gasteiger partial charge in [0.1, 0.15) is 0 Å². The number of imidazole rings is 1. The van der Waals surface area contributed by atoms with E-state index in [0.29, 0.717) is 18.0 Å². The molecule has 6 nitrogen and oxygen atoms in total. The van der Waals surface area contributed by atoms with Crippen LogP contribution in [0.25, 0.3) is 0 Å². The Morgan fingerprint density at radius 1 is 1.33 bits per heavy atom. The lowest BCUT2D eigenvalue weighted by molar-refractivity contribution is -0.125. The number of ether oxygens (including phenoxy) is 2. The zero-order chi connectivity index (χ0) is 16.9. The second-order valence-corrected chi connectivity index (χ2v) is 6.00. The number of methoxy groups -OCH3 is 2. The van der Waals surface area contributed by atoms with Crippen molar-refractivity contribution in [3.8, 4) is 11.5 Å². The number of carbonyl (C=O) groups excluding carboxylic acids is 1. The van der Waals surface area contributed by atoms with Gasteiger partial charge in [0.25, 0.3) is 0 Å². The van der Waals surface area contributed by atoms with Crippen LogP contribution >= 0.6 is 0 Å². The topological polar surface area (TPSA) is 65.4 Å². The molecule has 128 valence electrons. The Hall–Kier alpha value is -2.50. The van der Waals surface area contributed by atoms with Gasteiger partial charge in [0.05, 0.1) is 20.5 Å². The van der Waals surface area contributed by atoms with Gasteiger partial charge in [-0.15, -0.1) is 0 Å². The number of fused-ring (bicyclic) bond motifs is 1. The Kier molecular flexibility index (Phi) is 5.03. The fourth-order valence-corrected chi connectivity index (χ4v) is 3.10. The summed E-state index contributed by atoms with van der Waals surface area (Å²) in [4.78, 5) is 16.5. The summed E-state index contributed by atoms with van der Waals surface area (Å²) in [6.45, 7) is 1.48. The molecule has 1 unspecified atom stereocenters. The maximum absolute atomic E-state index is 12.4. The maximum atomic E-state index is 12.4. The van der Waals surface area contributed by atoms with Crippen molar-refractivity contribution in [3.63, 3.8) is 0 Å². The Morgan fingerprint density at radius 2 is 2.17 bits per heavy atom. The molecule has 0 aliphatic carbocycles. The number of hydrogen-bond donors (Lipinski definition) is 1. The van der Waals surface area contributed by atoms with Crippen LogP contribution in [0, 0.1) is 5.92 Å². The van der Waals surface area contributed by atoms with Gasteiger partial charge in [-0.25, -0.2) is 4.98 Å². The number of carbonyl (C=O) groups is 1. The third-order valence-corrected chi connectivity index (χ3v) is 4.50. The van der Waals surface area contributed by atoms with Crippen LogP contribution in [0.15, 0.2) is 30.7 Å². The van der Waals surface area contributed by atoms with Gasteiger partial charge in [-0.2, -0.15) is 0 Å². The lowest BCUT2D eigenvalue weighted by Gasteiger charge is -2.23. The van der Waals surface area contributed by atoms with Gasteiger partial charge in [-0.05, 0) is 30.5 Å². The van der Waals surface area contributed by atoms with Gasteiger partial charge in [0.2, 0.25) is 5.91 Å². The van der Waals surface area contributed by atoms with Crippen LogP contribution in [-0.4, -0.2) is 36.2 Å². The molecule has 0 fully saturated rings. The molecule has 0 saturated heterocycles. The van der Waals surface area contributed by atoms with Gasteiger partial charge < -0.3 is 19.4 Å². The summed E-state index contributed by atoms with van der Waals surface area (Å²) in [6.07, 6.45) is 6.08. The average Bonchev–Trinajstić information content (AvgIpc) is 3.09. The summed E-state index contributed by atoms with van der Waals surface area (Å²) in [7, 11) is 3.24. The molecule has 1 aliphatic heterocycles. The van der Waals surface area contributed by atoms with Crippen molar-refractivity contribution < 1.29 is 14.3 Å². The summed E-state index contributed by atoms with van der Waals surface area (Å²) < 4.78 is 12.7. The Bertz CT molecular complexity index is 711. The number of aryl methyl sites for hydroxylation is 1. The monoisotopic (exact) mass is 329 g/mol. The molecular formula is C18H23N3O3. The van der Waals surface area contributed by atoms with Crippen molar-refractivity contribution in [3.05, 3.63) is 42.0 Å². The Morgan fingerprint density at radius 3 is 2.96 bits per heavy atom. The zero-order valence-corrected chi connectivity index (χ0v) is 14.1. The van der Waals surface area contributed by atoms with Crippen LogP contribution in [0.1, 0.15) is 17.7 Å². The van der Waals surface area contributed by atoms with Crippen molar-refractivity contribution in [2.75, 3.05) is 20.8 Å². The minimum absolute atomic E-state index is 0.0413. The average molecular weight is 329 g/mol. The number of rotatable bonds is 6. The first-order chi connectivity index (χ1) is 11.7. The van der Waals surface area contributed by atoms with Gasteiger partial charge >= 0.3 is 0 Å². The fraction of sp³-hybridized carbons (Fsp3) is 0.444. The highest BCUT2D eigenvalue weighted by Crippen LogP contribution is 2.27. The highest BCUT2D eigenvalue weighted by molar-refractivity contribution is 5.79. The van der Waals surface area contributed by atoms with Crippen LogP contribution in [0.3, 0.4) is 0 Å². The minimum atomic E-state index is 0.0413. The van der Waals surface area contributed by atoms with E-state index in [9.17, 15) is 4.79 Å². The van der Waals surface area contributed by atoms with E-state index in [-0.39, 0.29) is 11.8 Å². The second kappa shape index (κ2) is 7.38. The normalized spacial score (nSPS) is 16.3. The van der Waals surface area contributed by atoms with E-state index in [0.717, 1.165) is 37.1 Å². The molecular weight excluding hydrogens is 306 g/mol.